The second kappa shape index (κ2) is 5.63. The van der Waals surface area contributed by atoms with Crippen molar-refractivity contribution < 1.29 is 9.90 Å². The molecule has 0 spiro atoms. The molecule has 4 nitrogen and oxygen atoms in total. The number of hydrogen-bond acceptors (Lipinski definition) is 3. The van der Waals surface area contributed by atoms with Gasteiger partial charge in [0.1, 0.15) is 0 Å². The molecule has 0 fully saturated rings. The third kappa shape index (κ3) is 2.98. The van der Waals surface area contributed by atoms with Crippen molar-refractivity contribution in [1.82, 2.24) is 9.97 Å². The van der Waals surface area contributed by atoms with Crippen LogP contribution in [0.5, 0.6) is 0 Å². The SMILES string of the molecule is CC(=Cc1cccc(C(=O)O)c1Cl)c1ncccn1. The molecule has 0 aliphatic carbocycles. The van der Waals surface area contributed by atoms with Crippen LogP contribution in [0, 0.1) is 0 Å². The molecule has 0 unspecified atom stereocenters. The number of hydrogen-bond donors (Lipinski definition) is 1. The van der Waals surface area contributed by atoms with Crippen LogP contribution in [-0.4, -0.2) is 21.0 Å². The van der Waals surface area contributed by atoms with Crippen molar-refractivity contribution in [2.24, 2.45) is 0 Å². The average Bonchev–Trinajstić information content (AvgIpc) is 2.41. The highest BCUT2D eigenvalue weighted by Crippen LogP contribution is 2.25. The molecule has 2 aromatic rings. The summed E-state index contributed by atoms with van der Waals surface area (Å²) in [5.74, 6) is -0.465. The smallest absolute Gasteiger partial charge is 0.337 e. The third-order valence-electron chi connectivity index (χ3n) is 2.55. The van der Waals surface area contributed by atoms with Crippen LogP contribution in [-0.2, 0) is 0 Å². The van der Waals surface area contributed by atoms with Crippen LogP contribution >= 0.6 is 11.6 Å². The lowest BCUT2D eigenvalue weighted by Crippen LogP contribution is -1.98. The third-order valence-corrected chi connectivity index (χ3v) is 2.97. The number of rotatable bonds is 3. The van der Waals surface area contributed by atoms with Gasteiger partial charge in [-0.15, -0.1) is 0 Å². The first-order valence-electron chi connectivity index (χ1n) is 5.57. The maximum atomic E-state index is 11.0. The topological polar surface area (TPSA) is 63.1 Å². The molecule has 0 saturated heterocycles. The first kappa shape index (κ1) is 13.2. The summed E-state index contributed by atoms with van der Waals surface area (Å²) in [6.45, 7) is 1.85. The lowest BCUT2D eigenvalue weighted by Gasteiger charge is -2.04. The van der Waals surface area contributed by atoms with E-state index in [1.54, 1.807) is 36.7 Å². The van der Waals surface area contributed by atoms with Crippen molar-refractivity contribution in [3.05, 3.63) is 58.6 Å². The maximum absolute atomic E-state index is 11.0. The molecule has 1 aromatic carbocycles. The Kier molecular flexibility index (Phi) is 3.92. The zero-order chi connectivity index (χ0) is 13.8. The molecule has 0 saturated carbocycles. The number of aromatic carboxylic acids is 1. The van der Waals surface area contributed by atoms with E-state index in [1.807, 2.05) is 6.92 Å². The molecule has 96 valence electrons. The Hall–Kier alpha value is -2.20. The van der Waals surface area contributed by atoms with Crippen LogP contribution in [0.3, 0.4) is 0 Å². The van der Waals surface area contributed by atoms with Gasteiger partial charge in [-0.2, -0.15) is 0 Å². The molecule has 1 N–H and O–H groups in total. The number of allylic oxidation sites excluding steroid dienone is 1. The zero-order valence-electron chi connectivity index (χ0n) is 10.2. The Morgan fingerprint density at radius 3 is 2.58 bits per heavy atom. The summed E-state index contributed by atoms with van der Waals surface area (Å²) in [6, 6.07) is 6.60. The van der Waals surface area contributed by atoms with Crippen LogP contribution < -0.4 is 0 Å². The lowest BCUT2D eigenvalue weighted by atomic mass is 10.1. The molecular formula is C14H11ClN2O2. The summed E-state index contributed by atoms with van der Waals surface area (Å²) >= 11 is 6.07. The van der Waals surface area contributed by atoms with Crippen molar-refractivity contribution in [3.63, 3.8) is 0 Å². The minimum Gasteiger partial charge on any atom is -0.478 e. The van der Waals surface area contributed by atoms with E-state index in [0.29, 0.717) is 11.4 Å². The van der Waals surface area contributed by atoms with Gasteiger partial charge < -0.3 is 5.11 Å². The monoisotopic (exact) mass is 274 g/mol. The van der Waals surface area contributed by atoms with Gasteiger partial charge in [0, 0.05) is 12.4 Å². The zero-order valence-corrected chi connectivity index (χ0v) is 10.9. The van der Waals surface area contributed by atoms with E-state index in [2.05, 4.69) is 9.97 Å². The van der Waals surface area contributed by atoms with Crippen LogP contribution in [0.25, 0.3) is 11.6 Å². The standard InChI is InChI=1S/C14H11ClN2O2/c1-9(13-16-6-3-7-17-13)8-10-4-2-5-11(12(10)15)14(18)19/h2-8H,1H3,(H,18,19). The van der Waals surface area contributed by atoms with Gasteiger partial charge in [0.2, 0.25) is 0 Å². The number of carboxylic acid groups (broad SMARTS) is 1. The fourth-order valence-electron chi connectivity index (χ4n) is 1.63. The Labute approximate surface area is 115 Å². The predicted octanol–water partition coefficient (Wildman–Crippen LogP) is 3.39. The van der Waals surface area contributed by atoms with Crippen LogP contribution in [0.1, 0.15) is 28.7 Å². The molecule has 1 aromatic heterocycles. The van der Waals surface area contributed by atoms with E-state index in [4.69, 9.17) is 16.7 Å². The molecular weight excluding hydrogens is 264 g/mol. The molecule has 0 bridgehead atoms. The van der Waals surface area contributed by atoms with Crippen molar-refractivity contribution in [3.8, 4) is 0 Å². The minimum atomic E-state index is -1.05. The summed E-state index contributed by atoms with van der Waals surface area (Å²) in [4.78, 5) is 19.2. The van der Waals surface area contributed by atoms with Gasteiger partial charge in [-0.3, -0.25) is 0 Å². The number of benzene rings is 1. The van der Waals surface area contributed by atoms with E-state index in [9.17, 15) is 4.79 Å². The van der Waals surface area contributed by atoms with Gasteiger partial charge in [-0.05, 0) is 36.3 Å². The quantitative estimate of drug-likeness (QED) is 0.932. The largest absolute Gasteiger partial charge is 0.478 e. The second-order valence-electron chi connectivity index (χ2n) is 3.91. The number of halogens is 1. The number of carboxylic acids is 1. The Balaban J connectivity index is 2.44. The van der Waals surface area contributed by atoms with Gasteiger partial charge in [-0.25, -0.2) is 14.8 Å². The molecule has 0 amide bonds. The lowest BCUT2D eigenvalue weighted by molar-refractivity contribution is 0.0697. The van der Waals surface area contributed by atoms with Gasteiger partial charge in [0.15, 0.2) is 5.82 Å². The van der Waals surface area contributed by atoms with E-state index in [-0.39, 0.29) is 10.6 Å². The van der Waals surface area contributed by atoms with Crippen molar-refractivity contribution in [2.75, 3.05) is 0 Å². The molecule has 1 heterocycles. The molecule has 0 atom stereocenters. The number of carbonyl (C=O) groups is 1. The van der Waals surface area contributed by atoms with E-state index in [0.717, 1.165) is 5.57 Å². The average molecular weight is 275 g/mol. The second-order valence-corrected chi connectivity index (χ2v) is 4.29. The molecule has 19 heavy (non-hydrogen) atoms. The summed E-state index contributed by atoms with van der Waals surface area (Å²) in [6.07, 6.45) is 5.06. The van der Waals surface area contributed by atoms with Crippen LogP contribution in [0.2, 0.25) is 5.02 Å². The molecule has 2 rings (SSSR count). The first-order chi connectivity index (χ1) is 9.09. The molecule has 5 heteroatoms. The van der Waals surface area contributed by atoms with Crippen molar-refractivity contribution in [2.45, 2.75) is 6.92 Å². The van der Waals surface area contributed by atoms with Crippen LogP contribution in [0.4, 0.5) is 0 Å². The summed E-state index contributed by atoms with van der Waals surface area (Å²) < 4.78 is 0. The highest BCUT2D eigenvalue weighted by Gasteiger charge is 2.11. The van der Waals surface area contributed by atoms with Gasteiger partial charge >= 0.3 is 5.97 Å². The number of aromatic nitrogens is 2. The summed E-state index contributed by atoms with van der Waals surface area (Å²) in [5.41, 5.74) is 1.52. The fraction of sp³-hybridized carbons (Fsp3) is 0.0714. The Morgan fingerprint density at radius 2 is 1.95 bits per heavy atom. The van der Waals surface area contributed by atoms with Gasteiger partial charge in [0.05, 0.1) is 10.6 Å². The highest BCUT2D eigenvalue weighted by molar-refractivity contribution is 6.35. The van der Waals surface area contributed by atoms with Gasteiger partial charge in [-0.1, -0.05) is 23.7 Å². The van der Waals surface area contributed by atoms with Crippen molar-refractivity contribution >= 4 is 29.2 Å². The normalized spacial score (nSPS) is 11.4. The fourth-order valence-corrected chi connectivity index (χ4v) is 1.89. The minimum absolute atomic E-state index is 0.0807. The summed E-state index contributed by atoms with van der Waals surface area (Å²) in [5, 5.41) is 9.22. The van der Waals surface area contributed by atoms with Crippen molar-refractivity contribution in [1.29, 1.82) is 0 Å². The summed E-state index contributed by atoms with van der Waals surface area (Å²) in [7, 11) is 0. The van der Waals surface area contributed by atoms with E-state index < -0.39 is 5.97 Å². The highest BCUT2D eigenvalue weighted by atomic mass is 35.5. The first-order valence-corrected chi connectivity index (χ1v) is 5.95. The molecule has 0 radical (unpaired) electrons. The van der Waals surface area contributed by atoms with Crippen LogP contribution in [0.15, 0.2) is 36.7 Å². The van der Waals surface area contributed by atoms with Gasteiger partial charge in [0.25, 0.3) is 0 Å². The number of nitrogens with zero attached hydrogens (tertiary/aromatic N) is 2. The Morgan fingerprint density at radius 1 is 1.26 bits per heavy atom. The predicted molar refractivity (Wildman–Crippen MR) is 74.0 cm³/mol. The van der Waals surface area contributed by atoms with E-state index >= 15 is 0 Å². The maximum Gasteiger partial charge on any atom is 0.337 e. The van der Waals surface area contributed by atoms with E-state index in [1.165, 1.54) is 6.07 Å². The Bertz CT molecular complexity index is 639. The molecule has 0 aliphatic rings. The molecule has 0 aliphatic heterocycles.